The Morgan fingerprint density at radius 1 is 1.31 bits per heavy atom. The third kappa shape index (κ3) is 8.67. The highest BCUT2D eigenvalue weighted by atomic mass is 32.2. The Morgan fingerprint density at radius 2 is 1.94 bits per heavy atom. The number of aromatic nitrogens is 2. The van der Waals surface area contributed by atoms with Gasteiger partial charge in [-0.3, -0.25) is 23.2 Å². The topological polar surface area (TPSA) is 190 Å². The Labute approximate surface area is 207 Å². The number of rotatable bonds is 14. The quantitative estimate of drug-likeness (QED) is 0.132. The van der Waals surface area contributed by atoms with Crippen LogP contribution in [0, 0.1) is 11.3 Å². The van der Waals surface area contributed by atoms with Gasteiger partial charge in [-0.15, -0.1) is 0 Å². The number of hydrogen-bond donors (Lipinski definition) is 3. The van der Waals surface area contributed by atoms with E-state index in [1.165, 1.54) is 40.1 Å². The molecule has 0 fully saturated rings. The molecule has 0 aromatic carbocycles. The van der Waals surface area contributed by atoms with Gasteiger partial charge < -0.3 is 25.2 Å². The lowest BCUT2D eigenvalue weighted by Gasteiger charge is -2.36. The normalized spacial score (nSPS) is 17.1. The second-order valence-corrected chi connectivity index (χ2v) is 10.8. The molecular formula is C20H34N3O10PS. The number of esters is 1. The van der Waals surface area contributed by atoms with Gasteiger partial charge in [0.1, 0.15) is 17.0 Å². The maximum Gasteiger partial charge on any atom is 0.472 e. The molecule has 0 aliphatic heterocycles. The number of nitrogens with zero attached hydrogens (tertiary/aromatic N) is 2. The SMILES string of the molecule is CCOC(=O)C(C)(C)C(=O)SCCOP(=O)(O)OCC(OC)[C@@H](C)C(C)(O)n1ccc(N)nc1=O. The van der Waals surface area contributed by atoms with Crippen molar-refractivity contribution in [2.45, 2.75) is 46.4 Å². The van der Waals surface area contributed by atoms with Gasteiger partial charge >= 0.3 is 19.5 Å². The number of phosphoric acid groups is 1. The summed E-state index contributed by atoms with van der Waals surface area (Å²) in [4.78, 5) is 49.8. The van der Waals surface area contributed by atoms with Crippen LogP contribution in [0.15, 0.2) is 17.1 Å². The first-order valence-corrected chi connectivity index (χ1v) is 13.1. The van der Waals surface area contributed by atoms with Crippen LogP contribution in [0.1, 0.15) is 34.6 Å². The maximum absolute atomic E-state index is 12.3. The molecule has 0 bridgehead atoms. The number of carbonyl (C=O) groups excluding carboxylic acids is 2. The Hall–Kier alpha value is -1.80. The van der Waals surface area contributed by atoms with E-state index in [0.717, 1.165) is 16.3 Å². The molecule has 13 nitrogen and oxygen atoms in total. The third-order valence-electron chi connectivity index (χ3n) is 5.30. The summed E-state index contributed by atoms with van der Waals surface area (Å²) in [6.07, 6.45) is 0.344. The molecule has 15 heteroatoms. The number of methoxy groups -OCH3 is 1. The minimum atomic E-state index is -4.55. The van der Waals surface area contributed by atoms with Crippen molar-refractivity contribution >= 4 is 36.5 Å². The Morgan fingerprint density at radius 3 is 2.49 bits per heavy atom. The zero-order valence-electron chi connectivity index (χ0n) is 20.6. The highest BCUT2D eigenvalue weighted by Gasteiger charge is 2.39. The molecule has 0 saturated carbocycles. The number of ether oxygens (including phenoxy) is 2. The number of nitrogens with two attached hydrogens (primary N) is 1. The zero-order valence-corrected chi connectivity index (χ0v) is 22.3. The summed E-state index contributed by atoms with van der Waals surface area (Å²) < 4.78 is 33.2. The highest BCUT2D eigenvalue weighted by Crippen LogP contribution is 2.44. The summed E-state index contributed by atoms with van der Waals surface area (Å²) in [7, 11) is -3.24. The van der Waals surface area contributed by atoms with Gasteiger partial charge in [0.2, 0.25) is 5.12 Å². The van der Waals surface area contributed by atoms with E-state index in [-0.39, 0.29) is 24.8 Å². The van der Waals surface area contributed by atoms with Crippen LogP contribution in [-0.4, -0.2) is 69.4 Å². The van der Waals surface area contributed by atoms with E-state index in [1.807, 2.05) is 0 Å². The smallest absolute Gasteiger partial charge is 0.465 e. The number of phosphoric ester groups is 1. The number of anilines is 1. The molecule has 0 saturated heterocycles. The molecule has 1 rings (SSSR count). The van der Waals surface area contributed by atoms with Gasteiger partial charge in [-0.05, 0) is 33.8 Å². The van der Waals surface area contributed by atoms with Crippen molar-refractivity contribution in [3.63, 3.8) is 0 Å². The highest BCUT2D eigenvalue weighted by molar-refractivity contribution is 8.13. The second-order valence-electron chi connectivity index (χ2n) is 8.24. The molecule has 0 amide bonds. The molecule has 3 unspecified atom stereocenters. The van der Waals surface area contributed by atoms with Gasteiger partial charge in [0.05, 0.1) is 25.9 Å². The van der Waals surface area contributed by atoms with E-state index >= 15 is 0 Å². The predicted octanol–water partition coefficient (Wildman–Crippen LogP) is 1.12. The fraction of sp³-hybridized carbons (Fsp3) is 0.700. The van der Waals surface area contributed by atoms with Crippen molar-refractivity contribution in [3.05, 3.63) is 22.7 Å². The van der Waals surface area contributed by atoms with Crippen LogP contribution in [0.25, 0.3) is 0 Å². The minimum absolute atomic E-state index is 0.0102. The lowest BCUT2D eigenvalue weighted by Crippen LogP contribution is -2.49. The number of hydrogen-bond acceptors (Lipinski definition) is 12. The zero-order chi connectivity index (χ0) is 27.0. The first kappa shape index (κ1) is 31.2. The van der Waals surface area contributed by atoms with Gasteiger partial charge in [-0.2, -0.15) is 4.98 Å². The van der Waals surface area contributed by atoms with Crippen LogP contribution in [0.3, 0.4) is 0 Å². The van der Waals surface area contributed by atoms with Crippen LogP contribution >= 0.6 is 19.6 Å². The van der Waals surface area contributed by atoms with Crippen molar-refractivity contribution in [1.29, 1.82) is 0 Å². The molecule has 1 aromatic rings. The van der Waals surface area contributed by atoms with Crippen LogP contribution in [0.5, 0.6) is 0 Å². The van der Waals surface area contributed by atoms with E-state index in [4.69, 9.17) is 24.3 Å². The first-order chi connectivity index (χ1) is 16.1. The molecule has 1 heterocycles. The summed E-state index contributed by atoms with van der Waals surface area (Å²) in [5, 5.41) is 10.5. The van der Waals surface area contributed by atoms with E-state index in [2.05, 4.69) is 4.98 Å². The molecule has 0 aliphatic rings. The number of nitrogen functional groups attached to an aromatic ring is 1. The summed E-state index contributed by atoms with van der Waals surface area (Å²) >= 11 is 0.758. The van der Waals surface area contributed by atoms with Gasteiger partial charge in [0.15, 0.2) is 0 Å². The standard InChI is InChI=1S/C20H34N3O10PS/c1-7-31-16(24)19(3,4)17(25)35-11-10-32-34(28,29)33-12-14(30-6)13(2)20(5,27)23-9-8-15(21)22-18(23)26/h8-9,13-14,27H,7,10-12H2,1-6H3,(H,28,29)(H2,21,22,26)/t13-,14?,20?/m1/s1. The summed E-state index contributed by atoms with van der Waals surface area (Å²) in [5.41, 5.74) is 1.52. The maximum atomic E-state index is 12.3. The van der Waals surface area contributed by atoms with Crippen LogP contribution in [-0.2, 0) is 38.4 Å². The van der Waals surface area contributed by atoms with Crippen LogP contribution in [0.2, 0.25) is 0 Å². The number of carbonyl (C=O) groups is 2. The lowest BCUT2D eigenvalue weighted by molar-refractivity contribution is -0.155. The first-order valence-electron chi connectivity index (χ1n) is 10.7. The van der Waals surface area contributed by atoms with E-state index in [0.29, 0.717) is 0 Å². The van der Waals surface area contributed by atoms with Crippen LogP contribution < -0.4 is 11.4 Å². The molecular weight excluding hydrogens is 505 g/mol. The Bertz CT molecular complexity index is 984. The summed E-state index contributed by atoms with van der Waals surface area (Å²) in [5.74, 6) is -1.50. The van der Waals surface area contributed by atoms with Gasteiger partial charge in [0.25, 0.3) is 0 Å². The van der Waals surface area contributed by atoms with E-state index in [9.17, 15) is 28.9 Å². The minimum Gasteiger partial charge on any atom is -0.465 e. The summed E-state index contributed by atoms with van der Waals surface area (Å²) in [6.45, 7) is 6.75. The molecule has 4 N–H and O–H groups in total. The molecule has 0 radical (unpaired) electrons. The Balaban J connectivity index is 2.66. The molecule has 1 aromatic heterocycles. The summed E-state index contributed by atoms with van der Waals surface area (Å²) in [6, 6.07) is 1.34. The van der Waals surface area contributed by atoms with Crippen molar-refractivity contribution < 1.29 is 42.7 Å². The van der Waals surface area contributed by atoms with Crippen molar-refractivity contribution in [3.8, 4) is 0 Å². The van der Waals surface area contributed by atoms with Gasteiger partial charge in [0, 0.05) is 25.0 Å². The third-order valence-corrected chi connectivity index (χ3v) is 7.43. The lowest BCUT2D eigenvalue weighted by atomic mass is 9.93. The van der Waals surface area contributed by atoms with Gasteiger partial charge in [-0.1, -0.05) is 18.7 Å². The Kier molecular flexibility index (Phi) is 11.6. The van der Waals surface area contributed by atoms with Gasteiger partial charge in [-0.25, -0.2) is 9.36 Å². The molecule has 4 atom stereocenters. The van der Waals surface area contributed by atoms with E-state index < -0.39 is 54.4 Å². The fourth-order valence-corrected chi connectivity index (χ4v) is 4.47. The second kappa shape index (κ2) is 12.9. The number of thioether (sulfide) groups is 1. The average Bonchev–Trinajstić information content (AvgIpc) is 2.76. The molecule has 0 spiro atoms. The fourth-order valence-electron chi connectivity index (χ4n) is 2.82. The van der Waals surface area contributed by atoms with Crippen LogP contribution in [0.4, 0.5) is 5.82 Å². The predicted molar refractivity (Wildman–Crippen MR) is 128 cm³/mol. The molecule has 0 aliphatic carbocycles. The number of aliphatic hydroxyl groups is 1. The average molecular weight is 540 g/mol. The monoisotopic (exact) mass is 539 g/mol. The van der Waals surface area contributed by atoms with Crippen molar-refractivity contribution in [1.82, 2.24) is 9.55 Å². The van der Waals surface area contributed by atoms with Crippen molar-refractivity contribution in [2.75, 3.05) is 38.4 Å². The molecule has 35 heavy (non-hydrogen) atoms. The van der Waals surface area contributed by atoms with E-state index in [1.54, 1.807) is 13.8 Å². The van der Waals surface area contributed by atoms with Crippen molar-refractivity contribution in [2.24, 2.45) is 11.3 Å². The largest absolute Gasteiger partial charge is 0.472 e. The molecule has 200 valence electrons.